The van der Waals surface area contributed by atoms with Gasteiger partial charge in [-0.15, -0.1) is 11.3 Å². The van der Waals surface area contributed by atoms with E-state index in [9.17, 15) is 9.59 Å². The summed E-state index contributed by atoms with van der Waals surface area (Å²) in [4.78, 5) is 32.2. The smallest absolute Gasteiger partial charge is 0.254 e. The number of anilines is 2. The van der Waals surface area contributed by atoms with E-state index in [1.807, 2.05) is 36.6 Å². The number of nitrogens with zero attached hydrogens (tertiary/aromatic N) is 3. The van der Waals surface area contributed by atoms with Gasteiger partial charge in [0.1, 0.15) is 6.54 Å². The molecule has 0 aliphatic rings. The van der Waals surface area contributed by atoms with Crippen LogP contribution in [-0.2, 0) is 11.3 Å². The fourth-order valence-electron chi connectivity index (χ4n) is 3.02. The molecular formula is C21H24N4O2S. The largest absolute Gasteiger partial charge is 0.372 e. The minimum Gasteiger partial charge on any atom is -0.372 e. The van der Waals surface area contributed by atoms with Gasteiger partial charge in [0.15, 0.2) is 0 Å². The Labute approximate surface area is 168 Å². The normalized spacial score (nSPS) is 10.7. The highest BCUT2D eigenvalue weighted by molar-refractivity contribution is 7.13. The summed E-state index contributed by atoms with van der Waals surface area (Å²) in [5, 5.41) is 4.82. The zero-order chi connectivity index (χ0) is 20.1. The number of carbonyl (C=O) groups excluding carboxylic acids is 1. The molecule has 6 nitrogen and oxygen atoms in total. The summed E-state index contributed by atoms with van der Waals surface area (Å²) in [6.45, 7) is 7.98. The quantitative estimate of drug-likeness (QED) is 0.660. The molecule has 0 saturated heterocycles. The first-order valence-electron chi connectivity index (χ1n) is 9.27. The van der Waals surface area contributed by atoms with Gasteiger partial charge >= 0.3 is 0 Å². The Kier molecular flexibility index (Phi) is 6.26. The predicted molar refractivity (Wildman–Crippen MR) is 115 cm³/mol. The lowest BCUT2D eigenvalue weighted by Crippen LogP contribution is -2.27. The molecule has 0 atom stereocenters. The van der Waals surface area contributed by atoms with Crippen LogP contribution in [0.5, 0.6) is 0 Å². The van der Waals surface area contributed by atoms with E-state index < -0.39 is 0 Å². The van der Waals surface area contributed by atoms with Crippen molar-refractivity contribution in [3.8, 4) is 10.6 Å². The summed E-state index contributed by atoms with van der Waals surface area (Å²) in [5.74, 6) is -0.258. The van der Waals surface area contributed by atoms with Gasteiger partial charge in [0, 0.05) is 30.5 Å². The van der Waals surface area contributed by atoms with Crippen LogP contribution >= 0.6 is 11.3 Å². The summed E-state index contributed by atoms with van der Waals surface area (Å²) in [6, 6.07) is 11.2. The molecule has 2 aromatic heterocycles. The Balaban J connectivity index is 1.70. The Hall–Kier alpha value is -2.93. The molecule has 0 aliphatic heterocycles. The molecule has 146 valence electrons. The van der Waals surface area contributed by atoms with Crippen molar-refractivity contribution >= 4 is 28.6 Å². The fraction of sp³-hybridized carbons (Fsp3) is 0.286. The van der Waals surface area contributed by atoms with Crippen LogP contribution in [0.4, 0.5) is 11.4 Å². The summed E-state index contributed by atoms with van der Waals surface area (Å²) < 4.78 is 1.31. The number of rotatable bonds is 7. The molecular weight excluding hydrogens is 372 g/mol. The van der Waals surface area contributed by atoms with E-state index in [4.69, 9.17) is 0 Å². The zero-order valence-corrected chi connectivity index (χ0v) is 17.1. The van der Waals surface area contributed by atoms with Crippen molar-refractivity contribution < 1.29 is 4.79 Å². The van der Waals surface area contributed by atoms with Crippen LogP contribution in [0, 0.1) is 6.92 Å². The molecule has 2 heterocycles. The van der Waals surface area contributed by atoms with Gasteiger partial charge in [0.05, 0.1) is 16.9 Å². The second-order valence-corrected chi connectivity index (χ2v) is 7.38. The summed E-state index contributed by atoms with van der Waals surface area (Å²) >= 11 is 1.52. The molecule has 3 rings (SSSR count). The third-order valence-electron chi connectivity index (χ3n) is 4.58. The van der Waals surface area contributed by atoms with E-state index in [2.05, 4.69) is 35.1 Å². The third kappa shape index (κ3) is 4.48. The SMILES string of the molecule is CCN(CC)c1ccc(NC(=O)Cn2cnc(-c3cccs3)cc2=O)c(C)c1. The van der Waals surface area contributed by atoms with Gasteiger partial charge in [-0.1, -0.05) is 6.07 Å². The lowest BCUT2D eigenvalue weighted by atomic mass is 10.1. The summed E-state index contributed by atoms with van der Waals surface area (Å²) in [7, 11) is 0. The number of benzene rings is 1. The lowest BCUT2D eigenvalue weighted by Gasteiger charge is -2.22. The molecule has 0 bridgehead atoms. The maximum absolute atomic E-state index is 12.4. The number of hydrogen-bond donors (Lipinski definition) is 1. The maximum Gasteiger partial charge on any atom is 0.254 e. The first-order valence-corrected chi connectivity index (χ1v) is 10.2. The maximum atomic E-state index is 12.4. The van der Waals surface area contributed by atoms with E-state index >= 15 is 0 Å². The minimum atomic E-state index is -0.258. The van der Waals surface area contributed by atoms with Gasteiger partial charge in [-0.2, -0.15) is 0 Å². The second kappa shape index (κ2) is 8.84. The molecule has 0 aliphatic carbocycles. The Morgan fingerprint density at radius 2 is 2.00 bits per heavy atom. The average molecular weight is 397 g/mol. The van der Waals surface area contributed by atoms with Gasteiger partial charge in [-0.25, -0.2) is 4.98 Å². The van der Waals surface area contributed by atoms with Crippen molar-refractivity contribution in [1.29, 1.82) is 0 Å². The molecule has 28 heavy (non-hydrogen) atoms. The Morgan fingerprint density at radius 1 is 1.21 bits per heavy atom. The number of aryl methyl sites for hydroxylation is 1. The number of nitrogens with one attached hydrogen (secondary N) is 1. The molecule has 0 saturated carbocycles. The van der Waals surface area contributed by atoms with E-state index in [-0.39, 0.29) is 18.0 Å². The molecule has 0 radical (unpaired) electrons. The first kappa shape index (κ1) is 19.8. The fourth-order valence-corrected chi connectivity index (χ4v) is 3.71. The van der Waals surface area contributed by atoms with Gasteiger partial charge in [-0.3, -0.25) is 14.2 Å². The number of aromatic nitrogens is 2. The minimum absolute atomic E-state index is 0.0756. The molecule has 0 fully saturated rings. The zero-order valence-electron chi connectivity index (χ0n) is 16.3. The van der Waals surface area contributed by atoms with Gasteiger partial charge in [-0.05, 0) is 56.0 Å². The third-order valence-corrected chi connectivity index (χ3v) is 5.47. The summed E-state index contributed by atoms with van der Waals surface area (Å²) in [6.07, 6.45) is 1.42. The van der Waals surface area contributed by atoms with Crippen LogP contribution in [0.2, 0.25) is 0 Å². The van der Waals surface area contributed by atoms with Crippen molar-refractivity contribution in [3.63, 3.8) is 0 Å². The van der Waals surface area contributed by atoms with Crippen molar-refractivity contribution in [2.45, 2.75) is 27.3 Å². The second-order valence-electron chi connectivity index (χ2n) is 6.44. The number of carbonyl (C=O) groups is 1. The van der Waals surface area contributed by atoms with Crippen LogP contribution < -0.4 is 15.8 Å². The van der Waals surface area contributed by atoms with Crippen molar-refractivity contribution in [2.75, 3.05) is 23.3 Å². The number of thiophene rings is 1. The lowest BCUT2D eigenvalue weighted by molar-refractivity contribution is -0.116. The van der Waals surface area contributed by atoms with E-state index in [1.54, 1.807) is 0 Å². The van der Waals surface area contributed by atoms with Gasteiger partial charge in [0.2, 0.25) is 5.91 Å². The highest BCUT2D eigenvalue weighted by Gasteiger charge is 2.10. The van der Waals surface area contributed by atoms with Crippen LogP contribution in [0.15, 0.2) is 52.9 Å². The van der Waals surface area contributed by atoms with Crippen molar-refractivity contribution in [3.05, 3.63) is 64.0 Å². The summed E-state index contributed by atoms with van der Waals surface area (Å²) in [5.41, 5.74) is 3.24. The van der Waals surface area contributed by atoms with Crippen molar-refractivity contribution in [1.82, 2.24) is 9.55 Å². The molecule has 0 spiro atoms. The predicted octanol–water partition coefficient (Wildman–Crippen LogP) is 3.77. The van der Waals surface area contributed by atoms with Crippen molar-refractivity contribution in [2.24, 2.45) is 0 Å². The van der Waals surface area contributed by atoms with Gasteiger partial charge < -0.3 is 10.2 Å². The number of hydrogen-bond acceptors (Lipinski definition) is 5. The Morgan fingerprint density at radius 3 is 2.61 bits per heavy atom. The molecule has 1 N–H and O–H groups in total. The monoisotopic (exact) mass is 396 g/mol. The molecule has 3 aromatic rings. The highest BCUT2D eigenvalue weighted by Crippen LogP contribution is 2.23. The topological polar surface area (TPSA) is 67.2 Å². The molecule has 7 heteroatoms. The molecule has 1 amide bonds. The van der Waals surface area contributed by atoms with Crippen LogP contribution in [-0.4, -0.2) is 28.5 Å². The van der Waals surface area contributed by atoms with E-state index in [0.717, 1.165) is 34.9 Å². The van der Waals surface area contributed by atoms with Crippen LogP contribution in [0.1, 0.15) is 19.4 Å². The molecule has 1 aromatic carbocycles. The average Bonchev–Trinajstić information content (AvgIpc) is 3.21. The van der Waals surface area contributed by atoms with Crippen LogP contribution in [0.25, 0.3) is 10.6 Å². The Bertz CT molecular complexity index is 1010. The number of amides is 1. The van der Waals surface area contributed by atoms with E-state index in [0.29, 0.717) is 5.69 Å². The molecule has 0 unspecified atom stereocenters. The first-order chi connectivity index (χ1) is 13.5. The van der Waals surface area contributed by atoms with Gasteiger partial charge in [0.25, 0.3) is 5.56 Å². The van der Waals surface area contributed by atoms with E-state index in [1.165, 1.54) is 28.3 Å². The standard InChI is InChI=1S/C21H24N4O2S/c1-4-24(5-2)16-8-9-17(15(3)11-16)23-20(26)13-25-14-22-18(12-21(25)27)19-7-6-10-28-19/h6-12,14H,4-5,13H2,1-3H3,(H,23,26). The van der Waals surface area contributed by atoms with Crippen LogP contribution in [0.3, 0.4) is 0 Å². The highest BCUT2D eigenvalue weighted by atomic mass is 32.1.